The molecule has 0 saturated heterocycles. The molecule has 0 rings (SSSR count). The topological polar surface area (TPSA) is 52.6 Å². The average Bonchev–Trinajstić information content (AvgIpc) is 2.35. The van der Waals surface area contributed by atoms with Gasteiger partial charge in [-0.25, -0.2) is 0 Å². The van der Waals surface area contributed by atoms with E-state index in [2.05, 4.69) is 19.1 Å². The van der Waals surface area contributed by atoms with Crippen molar-refractivity contribution in [3.8, 4) is 0 Å². The van der Waals surface area contributed by atoms with E-state index in [0.717, 1.165) is 19.3 Å². The second-order valence-corrected chi connectivity index (χ2v) is 4.90. The van der Waals surface area contributed by atoms with E-state index in [9.17, 15) is 9.59 Å². The fraction of sp³-hybridized carbons (Fsp3) is 0.750. The Morgan fingerprint density at radius 3 is 1.95 bits per heavy atom. The highest BCUT2D eigenvalue weighted by molar-refractivity contribution is 5.68. The van der Waals surface area contributed by atoms with E-state index in [0.29, 0.717) is 6.42 Å². The fourth-order valence-electron chi connectivity index (χ4n) is 1.84. The second-order valence-electron chi connectivity index (χ2n) is 4.90. The van der Waals surface area contributed by atoms with Crippen molar-refractivity contribution in [3.63, 3.8) is 0 Å². The summed E-state index contributed by atoms with van der Waals surface area (Å²) in [5.41, 5.74) is 0. The van der Waals surface area contributed by atoms with Crippen LogP contribution >= 0.6 is 0 Å². The molecule has 116 valence electrons. The van der Waals surface area contributed by atoms with Crippen LogP contribution in [0.15, 0.2) is 12.2 Å². The molecule has 0 spiro atoms. The van der Waals surface area contributed by atoms with Crippen LogP contribution in [0.3, 0.4) is 0 Å². The van der Waals surface area contributed by atoms with Gasteiger partial charge in [-0.15, -0.1) is 0 Å². The van der Waals surface area contributed by atoms with Crippen molar-refractivity contribution in [2.24, 2.45) is 0 Å². The van der Waals surface area contributed by atoms with Gasteiger partial charge in [0.2, 0.25) is 6.29 Å². The molecule has 0 aromatic carbocycles. The third-order valence-corrected chi connectivity index (χ3v) is 2.80. The molecule has 0 aromatic rings. The first-order valence-electron chi connectivity index (χ1n) is 7.55. The molecular weight excluding hydrogens is 256 g/mol. The van der Waals surface area contributed by atoms with Gasteiger partial charge in [0.25, 0.3) is 0 Å². The second kappa shape index (κ2) is 12.7. The number of hydrogen-bond donors (Lipinski definition) is 0. The van der Waals surface area contributed by atoms with Gasteiger partial charge in [0, 0.05) is 20.3 Å². The van der Waals surface area contributed by atoms with E-state index >= 15 is 0 Å². The van der Waals surface area contributed by atoms with Crippen molar-refractivity contribution in [2.75, 3.05) is 0 Å². The summed E-state index contributed by atoms with van der Waals surface area (Å²) in [6, 6.07) is 0. The zero-order valence-electron chi connectivity index (χ0n) is 13.0. The average molecular weight is 284 g/mol. The molecule has 0 heterocycles. The molecule has 0 atom stereocenters. The summed E-state index contributed by atoms with van der Waals surface area (Å²) in [5, 5.41) is 0. The lowest BCUT2D eigenvalue weighted by molar-refractivity contribution is -0.185. The Balaban J connectivity index is 3.68. The fourth-order valence-corrected chi connectivity index (χ4v) is 1.84. The van der Waals surface area contributed by atoms with E-state index in [1.807, 2.05) is 0 Å². The van der Waals surface area contributed by atoms with E-state index < -0.39 is 18.2 Å². The Hall–Kier alpha value is -1.32. The van der Waals surface area contributed by atoms with Crippen LogP contribution < -0.4 is 0 Å². The Labute approximate surface area is 122 Å². The number of ether oxygens (including phenoxy) is 2. The monoisotopic (exact) mass is 284 g/mol. The lowest BCUT2D eigenvalue weighted by atomic mass is 10.1. The number of carbonyl (C=O) groups is 2. The summed E-state index contributed by atoms with van der Waals surface area (Å²) < 4.78 is 9.85. The van der Waals surface area contributed by atoms with Crippen LogP contribution in [-0.4, -0.2) is 18.2 Å². The van der Waals surface area contributed by atoms with Crippen molar-refractivity contribution in [3.05, 3.63) is 12.2 Å². The lowest BCUT2D eigenvalue weighted by Crippen LogP contribution is -2.22. The lowest BCUT2D eigenvalue weighted by Gasteiger charge is -2.15. The molecule has 4 nitrogen and oxygen atoms in total. The zero-order chi connectivity index (χ0) is 15.2. The van der Waals surface area contributed by atoms with Crippen LogP contribution in [0.5, 0.6) is 0 Å². The quantitative estimate of drug-likeness (QED) is 0.248. The number of unbranched alkanes of at least 4 members (excludes halogenated alkanes) is 5. The number of esters is 2. The van der Waals surface area contributed by atoms with Gasteiger partial charge in [0.05, 0.1) is 0 Å². The number of hydrogen-bond acceptors (Lipinski definition) is 4. The first-order chi connectivity index (χ1) is 9.56. The van der Waals surface area contributed by atoms with Crippen LogP contribution in [0, 0.1) is 0 Å². The summed E-state index contributed by atoms with van der Waals surface area (Å²) in [5.74, 6) is -0.856. The van der Waals surface area contributed by atoms with Crippen LogP contribution in [0.2, 0.25) is 0 Å². The predicted octanol–water partition coefficient (Wildman–Crippen LogP) is 4.14. The van der Waals surface area contributed by atoms with Gasteiger partial charge in [0.1, 0.15) is 0 Å². The molecule has 0 saturated carbocycles. The molecule has 0 amide bonds. The largest absolute Gasteiger partial charge is 0.425 e. The van der Waals surface area contributed by atoms with Crippen LogP contribution in [0.4, 0.5) is 0 Å². The summed E-state index contributed by atoms with van der Waals surface area (Å²) in [6.07, 6.45) is 12.1. The van der Waals surface area contributed by atoms with E-state index in [1.165, 1.54) is 39.5 Å². The van der Waals surface area contributed by atoms with Crippen molar-refractivity contribution in [1.82, 2.24) is 0 Å². The Kier molecular flexibility index (Phi) is 11.9. The smallest absolute Gasteiger partial charge is 0.305 e. The summed E-state index contributed by atoms with van der Waals surface area (Å²) >= 11 is 0. The molecule has 0 aromatic heterocycles. The minimum atomic E-state index is -0.747. The van der Waals surface area contributed by atoms with Gasteiger partial charge < -0.3 is 9.47 Å². The minimum absolute atomic E-state index is 0.428. The maximum atomic E-state index is 10.9. The molecule has 0 aliphatic heterocycles. The normalized spacial score (nSPS) is 11.0. The molecule has 0 fully saturated rings. The number of allylic oxidation sites excluding steroid dienone is 2. The SMILES string of the molecule is CCCCCC/C=C\CCCC(OC(C)=O)OC(C)=O. The third-order valence-electron chi connectivity index (χ3n) is 2.80. The first kappa shape index (κ1) is 18.7. The van der Waals surface area contributed by atoms with E-state index in [-0.39, 0.29) is 0 Å². The number of rotatable bonds is 11. The molecule has 0 aliphatic carbocycles. The Morgan fingerprint density at radius 2 is 1.45 bits per heavy atom. The number of carbonyl (C=O) groups excluding carboxylic acids is 2. The standard InChI is InChI=1S/C16H28O4/c1-4-5-6-7-8-9-10-11-12-13-16(19-14(2)17)20-15(3)18/h9-10,16H,4-8,11-13H2,1-3H3/b10-9-. The van der Waals surface area contributed by atoms with Crippen LogP contribution in [0.1, 0.15) is 72.1 Å². The van der Waals surface area contributed by atoms with E-state index in [1.54, 1.807) is 0 Å². The predicted molar refractivity (Wildman–Crippen MR) is 79.1 cm³/mol. The zero-order valence-corrected chi connectivity index (χ0v) is 13.0. The maximum Gasteiger partial charge on any atom is 0.305 e. The molecule has 0 unspecified atom stereocenters. The molecule has 0 radical (unpaired) electrons. The van der Waals surface area contributed by atoms with Crippen LogP contribution in [0.25, 0.3) is 0 Å². The third kappa shape index (κ3) is 13.1. The highest BCUT2D eigenvalue weighted by Crippen LogP contribution is 2.09. The van der Waals surface area contributed by atoms with Gasteiger partial charge in [-0.2, -0.15) is 0 Å². The van der Waals surface area contributed by atoms with Gasteiger partial charge in [0.15, 0.2) is 0 Å². The summed E-state index contributed by atoms with van der Waals surface area (Å²) in [7, 11) is 0. The van der Waals surface area contributed by atoms with Crippen molar-refractivity contribution < 1.29 is 19.1 Å². The van der Waals surface area contributed by atoms with E-state index in [4.69, 9.17) is 9.47 Å². The Bertz CT molecular complexity index is 281. The highest BCUT2D eigenvalue weighted by Gasteiger charge is 2.13. The molecule has 0 bridgehead atoms. The van der Waals surface area contributed by atoms with Crippen molar-refractivity contribution >= 4 is 11.9 Å². The van der Waals surface area contributed by atoms with Gasteiger partial charge >= 0.3 is 11.9 Å². The molecule has 20 heavy (non-hydrogen) atoms. The highest BCUT2D eigenvalue weighted by atomic mass is 16.7. The minimum Gasteiger partial charge on any atom is -0.425 e. The van der Waals surface area contributed by atoms with Crippen LogP contribution in [-0.2, 0) is 19.1 Å². The van der Waals surface area contributed by atoms with Gasteiger partial charge in [-0.3, -0.25) is 9.59 Å². The Morgan fingerprint density at radius 1 is 0.900 bits per heavy atom. The van der Waals surface area contributed by atoms with Crippen molar-refractivity contribution in [2.45, 2.75) is 78.4 Å². The molecule has 4 heteroatoms. The summed E-state index contributed by atoms with van der Waals surface area (Å²) in [6.45, 7) is 4.83. The molecule has 0 N–H and O–H groups in total. The van der Waals surface area contributed by atoms with Crippen molar-refractivity contribution in [1.29, 1.82) is 0 Å². The van der Waals surface area contributed by atoms with Gasteiger partial charge in [-0.05, 0) is 25.7 Å². The van der Waals surface area contributed by atoms with Gasteiger partial charge in [-0.1, -0.05) is 38.3 Å². The first-order valence-corrected chi connectivity index (χ1v) is 7.55. The molecular formula is C16H28O4. The summed E-state index contributed by atoms with van der Waals surface area (Å²) in [4.78, 5) is 21.7. The molecule has 0 aliphatic rings. The maximum absolute atomic E-state index is 10.9.